The molecule has 6 nitrogen and oxygen atoms in total. The highest BCUT2D eigenvalue weighted by molar-refractivity contribution is 5.75. The van der Waals surface area contributed by atoms with Crippen LogP contribution in [0.1, 0.15) is 69.9 Å². The van der Waals surface area contributed by atoms with E-state index < -0.39 is 0 Å². The van der Waals surface area contributed by atoms with Crippen molar-refractivity contribution in [1.29, 1.82) is 0 Å². The van der Waals surface area contributed by atoms with Crippen molar-refractivity contribution in [2.75, 3.05) is 36.4 Å². The molecule has 0 unspecified atom stereocenters. The lowest BCUT2D eigenvalue weighted by atomic mass is 9.86. The SMILES string of the molecule is Cc1cc(N2CCCCC2)nc(NCCNC(=O)CCC2CCCCC2)n1. The minimum absolute atomic E-state index is 0.168. The fourth-order valence-corrected chi connectivity index (χ4v) is 4.19. The van der Waals surface area contributed by atoms with Gasteiger partial charge in [-0.15, -0.1) is 0 Å². The summed E-state index contributed by atoms with van der Waals surface area (Å²) in [6.07, 6.45) is 12.1. The molecule has 6 heteroatoms. The van der Waals surface area contributed by atoms with Crippen LogP contribution in [0.15, 0.2) is 6.07 Å². The molecule has 2 fully saturated rings. The third-order valence-corrected chi connectivity index (χ3v) is 5.76. The standard InChI is InChI=1S/C21H35N5O/c1-17-16-19(26-14-6-3-7-15-26)25-21(24-17)23-13-12-22-20(27)11-10-18-8-4-2-5-9-18/h16,18H,2-15H2,1H3,(H,22,27)(H,23,24,25). The van der Waals surface area contributed by atoms with E-state index in [2.05, 4.69) is 31.6 Å². The Morgan fingerprint density at radius 1 is 1.07 bits per heavy atom. The number of anilines is 2. The predicted octanol–water partition coefficient (Wildman–Crippen LogP) is 3.66. The maximum absolute atomic E-state index is 12.0. The van der Waals surface area contributed by atoms with Crippen molar-refractivity contribution in [2.24, 2.45) is 5.92 Å². The Balaban J connectivity index is 1.37. The Labute approximate surface area is 163 Å². The number of rotatable bonds is 8. The summed E-state index contributed by atoms with van der Waals surface area (Å²) in [5.74, 6) is 2.60. The molecule has 1 aromatic rings. The van der Waals surface area contributed by atoms with Crippen molar-refractivity contribution < 1.29 is 4.79 Å². The zero-order valence-corrected chi connectivity index (χ0v) is 16.8. The number of nitrogens with one attached hydrogen (secondary N) is 2. The van der Waals surface area contributed by atoms with Gasteiger partial charge in [0, 0.05) is 44.4 Å². The van der Waals surface area contributed by atoms with Crippen molar-refractivity contribution in [3.8, 4) is 0 Å². The van der Waals surface area contributed by atoms with Gasteiger partial charge in [-0.3, -0.25) is 4.79 Å². The Bertz CT molecular complexity index is 594. The van der Waals surface area contributed by atoms with Crippen LogP contribution in [0, 0.1) is 12.8 Å². The molecule has 0 bridgehead atoms. The van der Waals surface area contributed by atoms with Crippen LogP contribution in [-0.4, -0.2) is 42.1 Å². The first-order valence-electron chi connectivity index (χ1n) is 10.8. The van der Waals surface area contributed by atoms with E-state index in [9.17, 15) is 4.79 Å². The minimum atomic E-state index is 0.168. The third kappa shape index (κ3) is 6.67. The number of hydrogen-bond donors (Lipinski definition) is 2. The largest absolute Gasteiger partial charge is 0.356 e. The summed E-state index contributed by atoms with van der Waals surface area (Å²) >= 11 is 0. The predicted molar refractivity (Wildman–Crippen MR) is 110 cm³/mol. The molecule has 27 heavy (non-hydrogen) atoms. The number of nitrogens with zero attached hydrogens (tertiary/aromatic N) is 3. The van der Waals surface area contributed by atoms with Gasteiger partial charge in [-0.25, -0.2) is 4.98 Å². The smallest absolute Gasteiger partial charge is 0.224 e. The quantitative estimate of drug-likeness (QED) is 0.681. The van der Waals surface area contributed by atoms with Gasteiger partial charge in [0.2, 0.25) is 11.9 Å². The van der Waals surface area contributed by atoms with E-state index in [1.807, 2.05) is 6.92 Å². The van der Waals surface area contributed by atoms with Crippen LogP contribution in [0.4, 0.5) is 11.8 Å². The Morgan fingerprint density at radius 2 is 1.81 bits per heavy atom. The Morgan fingerprint density at radius 3 is 2.59 bits per heavy atom. The van der Waals surface area contributed by atoms with Gasteiger partial charge < -0.3 is 15.5 Å². The second-order valence-electron chi connectivity index (χ2n) is 8.06. The van der Waals surface area contributed by atoms with Gasteiger partial charge >= 0.3 is 0 Å². The zero-order valence-electron chi connectivity index (χ0n) is 16.8. The van der Waals surface area contributed by atoms with Crippen LogP contribution in [0.2, 0.25) is 0 Å². The maximum atomic E-state index is 12.0. The number of aryl methyl sites for hydroxylation is 1. The van der Waals surface area contributed by atoms with Crippen molar-refractivity contribution in [3.05, 3.63) is 11.8 Å². The normalized spacial score (nSPS) is 18.3. The summed E-state index contributed by atoms with van der Waals surface area (Å²) in [5, 5.41) is 6.28. The molecule has 0 spiro atoms. The van der Waals surface area contributed by atoms with E-state index in [1.165, 1.54) is 51.4 Å². The van der Waals surface area contributed by atoms with Gasteiger partial charge in [-0.05, 0) is 38.5 Å². The van der Waals surface area contributed by atoms with Gasteiger partial charge in [-0.1, -0.05) is 32.1 Å². The van der Waals surface area contributed by atoms with E-state index in [0.29, 0.717) is 25.5 Å². The summed E-state index contributed by atoms with van der Waals surface area (Å²) in [6, 6.07) is 2.06. The van der Waals surface area contributed by atoms with E-state index in [0.717, 1.165) is 36.9 Å². The molecule has 150 valence electrons. The van der Waals surface area contributed by atoms with Gasteiger partial charge in [0.25, 0.3) is 0 Å². The first kappa shape index (κ1) is 19.9. The number of carbonyl (C=O) groups excluding carboxylic acids is 1. The van der Waals surface area contributed by atoms with E-state index in [-0.39, 0.29) is 5.91 Å². The second-order valence-corrected chi connectivity index (χ2v) is 8.06. The molecule has 3 rings (SSSR count). The first-order valence-corrected chi connectivity index (χ1v) is 10.8. The van der Waals surface area contributed by atoms with Crippen molar-refractivity contribution in [3.63, 3.8) is 0 Å². The average molecular weight is 374 g/mol. The summed E-state index contributed by atoms with van der Waals surface area (Å²) in [7, 11) is 0. The van der Waals surface area contributed by atoms with Crippen molar-refractivity contribution >= 4 is 17.7 Å². The molecular formula is C21H35N5O. The van der Waals surface area contributed by atoms with Crippen LogP contribution in [0.3, 0.4) is 0 Å². The molecule has 2 N–H and O–H groups in total. The first-order chi connectivity index (χ1) is 13.2. The molecule has 0 radical (unpaired) electrons. The molecule has 1 amide bonds. The lowest BCUT2D eigenvalue weighted by molar-refractivity contribution is -0.121. The van der Waals surface area contributed by atoms with E-state index in [4.69, 9.17) is 0 Å². The highest BCUT2D eigenvalue weighted by atomic mass is 16.1. The number of hydrogen-bond acceptors (Lipinski definition) is 5. The lowest BCUT2D eigenvalue weighted by Crippen LogP contribution is -2.31. The minimum Gasteiger partial charge on any atom is -0.356 e. The zero-order chi connectivity index (χ0) is 18.9. The highest BCUT2D eigenvalue weighted by Crippen LogP contribution is 2.27. The van der Waals surface area contributed by atoms with E-state index in [1.54, 1.807) is 0 Å². The van der Waals surface area contributed by atoms with Crippen molar-refractivity contribution in [2.45, 2.75) is 71.1 Å². The number of piperidine rings is 1. The molecule has 1 saturated carbocycles. The van der Waals surface area contributed by atoms with E-state index >= 15 is 0 Å². The maximum Gasteiger partial charge on any atom is 0.224 e. The molecule has 0 aromatic carbocycles. The van der Waals surface area contributed by atoms with Gasteiger partial charge in [-0.2, -0.15) is 4.98 Å². The van der Waals surface area contributed by atoms with Gasteiger partial charge in [0.1, 0.15) is 5.82 Å². The third-order valence-electron chi connectivity index (χ3n) is 5.76. The summed E-state index contributed by atoms with van der Waals surface area (Å²) in [5.41, 5.74) is 0.976. The molecule has 0 atom stereocenters. The van der Waals surface area contributed by atoms with Crippen LogP contribution >= 0.6 is 0 Å². The van der Waals surface area contributed by atoms with Crippen LogP contribution in [-0.2, 0) is 4.79 Å². The van der Waals surface area contributed by atoms with Crippen LogP contribution in [0.5, 0.6) is 0 Å². The second kappa shape index (κ2) is 10.5. The number of carbonyl (C=O) groups is 1. The Kier molecular flexibility index (Phi) is 7.72. The number of aromatic nitrogens is 2. The molecule has 1 aromatic heterocycles. The summed E-state index contributed by atoms with van der Waals surface area (Å²) in [4.78, 5) is 23.5. The summed E-state index contributed by atoms with van der Waals surface area (Å²) in [6.45, 7) is 5.42. The molecule has 2 aliphatic rings. The lowest BCUT2D eigenvalue weighted by Gasteiger charge is -2.28. The topological polar surface area (TPSA) is 70.2 Å². The molecule has 2 heterocycles. The van der Waals surface area contributed by atoms with Gasteiger partial charge in [0.05, 0.1) is 0 Å². The average Bonchev–Trinajstić information content (AvgIpc) is 2.71. The molecule has 1 saturated heterocycles. The molecule has 1 aliphatic heterocycles. The highest BCUT2D eigenvalue weighted by Gasteiger charge is 2.15. The van der Waals surface area contributed by atoms with Crippen molar-refractivity contribution in [1.82, 2.24) is 15.3 Å². The fourth-order valence-electron chi connectivity index (χ4n) is 4.19. The summed E-state index contributed by atoms with van der Waals surface area (Å²) < 4.78 is 0. The fraction of sp³-hybridized carbons (Fsp3) is 0.762. The molecular weight excluding hydrogens is 338 g/mol. The Hall–Kier alpha value is -1.85. The van der Waals surface area contributed by atoms with Crippen LogP contribution < -0.4 is 15.5 Å². The van der Waals surface area contributed by atoms with Gasteiger partial charge in [0.15, 0.2) is 0 Å². The monoisotopic (exact) mass is 373 g/mol. The van der Waals surface area contributed by atoms with Crippen LogP contribution in [0.25, 0.3) is 0 Å². The number of amides is 1. The molecule has 1 aliphatic carbocycles.